The molecule has 1 amide bonds. The van der Waals surface area contributed by atoms with Crippen LogP contribution >= 0.6 is 0 Å². The van der Waals surface area contributed by atoms with Crippen LogP contribution < -0.4 is 5.32 Å². The van der Waals surface area contributed by atoms with E-state index in [0.29, 0.717) is 12.8 Å². The molecule has 4 N–H and O–H groups in total. The molecular formula is C32H63NO4. The summed E-state index contributed by atoms with van der Waals surface area (Å²) in [7, 11) is 0. The summed E-state index contributed by atoms with van der Waals surface area (Å²) in [5.41, 5.74) is 0. The Labute approximate surface area is 229 Å². The Morgan fingerprint density at radius 3 is 1.65 bits per heavy atom. The van der Waals surface area contributed by atoms with Crippen LogP contribution in [0.15, 0.2) is 12.2 Å². The summed E-state index contributed by atoms with van der Waals surface area (Å²) in [5, 5.41) is 33.0. The maximum Gasteiger partial charge on any atom is 0.222 e. The SMILES string of the molecule is CCCC/C=C\CCCCCC(O)CC(=O)NC(CO)C(O)CCCCCCCCCCCCCCC. The third-order valence-electron chi connectivity index (χ3n) is 7.33. The number of carbonyl (C=O) groups excluding carboxylic acids is 1. The summed E-state index contributed by atoms with van der Waals surface area (Å²) in [4.78, 5) is 12.3. The van der Waals surface area contributed by atoms with Gasteiger partial charge < -0.3 is 20.6 Å². The molecule has 5 nitrogen and oxygen atoms in total. The van der Waals surface area contributed by atoms with Crippen molar-refractivity contribution in [3.8, 4) is 0 Å². The fourth-order valence-electron chi connectivity index (χ4n) is 4.79. The number of nitrogens with one attached hydrogen (secondary N) is 1. The van der Waals surface area contributed by atoms with E-state index < -0.39 is 18.2 Å². The minimum Gasteiger partial charge on any atom is -0.394 e. The number of carbonyl (C=O) groups is 1. The van der Waals surface area contributed by atoms with Crippen molar-refractivity contribution in [2.75, 3.05) is 6.61 Å². The lowest BCUT2D eigenvalue weighted by Gasteiger charge is -2.23. The first-order valence-corrected chi connectivity index (χ1v) is 16.0. The molecule has 3 atom stereocenters. The first-order chi connectivity index (χ1) is 18.0. The second-order valence-electron chi connectivity index (χ2n) is 11.1. The Morgan fingerprint density at radius 2 is 1.11 bits per heavy atom. The normalized spacial score (nSPS) is 14.2. The molecule has 0 spiro atoms. The average molecular weight is 526 g/mol. The molecule has 0 aliphatic carbocycles. The number of aliphatic hydroxyl groups is 3. The van der Waals surface area contributed by atoms with Crippen molar-refractivity contribution in [3.05, 3.63) is 12.2 Å². The van der Waals surface area contributed by atoms with Gasteiger partial charge in [0.1, 0.15) is 0 Å². The van der Waals surface area contributed by atoms with Crippen molar-refractivity contribution in [2.24, 2.45) is 0 Å². The van der Waals surface area contributed by atoms with E-state index in [1.807, 2.05) is 0 Å². The number of rotatable bonds is 28. The summed E-state index contributed by atoms with van der Waals surface area (Å²) in [6.07, 6.45) is 28.7. The van der Waals surface area contributed by atoms with E-state index in [9.17, 15) is 20.1 Å². The number of aliphatic hydroxyl groups excluding tert-OH is 3. The highest BCUT2D eigenvalue weighted by Gasteiger charge is 2.21. The summed E-state index contributed by atoms with van der Waals surface area (Å²) < 4.78 is 0. The van der Waals surface area contributed by atoms with Gasteiger partial charge in [0.25, 0.3) is 0 Å². The Balaban J connectivity index is 3.74. The fraction of sp³-hybridized carbons (Fsp3) is 0.906. The van der Waals surface area contributed by atoms with Gasteiger partial charge in [-0.05, 0) is 32.1 Å². The van der Waals surface area contributed by atoms with Crippen molar-refractivity contribution in [2.45, 2.75) is 180 Å². The number of allylic oxidation sites excluding steroid dienone is 2. The molecule has 0 saturated carbocycles. The van der Waals surface area contributed by atoms with Gasteiger partial charge in [0.2, 0.25) is 5.91 Å². The number of amides is 1. The zero-order chi connectivity index (χ0) is 27.4. The van der Waals surface area contributed by atoms with Crippen LogP contribution in [-0.2, 0) is 4.79 Å². The van der Waals surface area contributed by atoms with E-state index in [4.69, 9.17) is 0 Å². The Hall–Kier alpha value is -0.910. The first-order valence-electron chi connectivity index (χ1n) is 16.0. The lowest BCUT2D eigenvalue weighted by molar-refractivity contribution is -0.125. The van der Waals surface area contributed by atoms with E-state index >= 15 is 0 Å². The van der Waals surface area contributed by atoms with Crippen LogP contribution in [-0.4, -0.2) is 46.1 Å². The van der Waals surface area contributed by atoms with Gasteiger partial charge in [-0.1, -0.05) is 135 Å². The van der Waals surface area contributed by atoms with Crippen LogP contribution in [0.25, 0.3) is 0 Å². The highest BCUT2D eigenvalue weighted by molar-refractivity contribution is 5.76. The third-order valence-corrected chi connectivity index (χ3v) is 7.33. The second-order valence-corrected chi connectivity index (χ2v) is 11.1. The van der Waals surface area contributed by atoms with Crippen molar-refractivity contribution in [3.63, 3.8) is 0 Å². The van der Waals surface area contributed by atoms with Crippen LogP contribution in [0.4, 0.5) is 0 Å². The van der Waals surface area contributed by atoms with Gasteiger partial charge in [0, 0.05) is 0 Å². The summed E-state index contributed by atoms with van der Waals surface area (Å²) in [6.45, 7) is 4.18. The number of unbranched alkanes of at least 4 members (excludes halogenated alkanes) is 17. The van der Waals surface area contributed by atoms with Crippen LogP contribution in [0.5, 0.6) is 0 Å². The maximum absolute atomic E-state index is 12.3. The molecule has 0 aromatic rings. The lowest BCUT2D eigenvalue weighted by atomic mass is 10.0. The summed E-state index contributed by atoms with van der Waals surface area (Å²) in [6, 6.07) is -0.656. The lowest BCUT2D eigenvalue weighted by Crippen LogP contribution is -2.46. The quantitative estimate of drug-likeness (QED) is 0.0621. The predicted octanol–water partition coefficient (Wildman–Crippen LogP) is 7.75. The molecular weight excluding hydrogens is 462 g/mol. The second kappa shape index (κ2) is 28.1. The molecule has 0 bridgehead atoms. The van der Waals surface area contributed by atoms with Crippen LogP contribution in [0.3, 0.4) is 0 Å². The van der Waals surface area contributed by atoms with Crippen molar-refractivity contribution < 1.29 is 20.1 Å². The van der Waals surface area contributed by atoms with Gasteiger partial charge in [-0.25, -0.2) is 0 Å². The molecule has 0 saturated heterocycles. The fourth-order valence-corrected chi connectivity index (χ4v) is 4.79. The maximum atomic E-state index is 12.3. The molecule has 220 valence electrons. The molecule has 0 rings (SSSR count). The van der Waals surface area contributed by atoms with Crippen LogP contribution in [0.2, 0.25) is 0 Å². The Morgan fingerprint density at radius 1 is 0.649 bits per heavy atom. The molecule has 0 aliphatic rings. The topological polar surface area (TPSA) is 89.8 Å². The van der Waals surface area contributed by atoms with Gasteiger partial charge in [-0.15, -0.1) is 0 Å². The zero-order valence-electron chi connectivity index (χ0n) is 24.6. The molecule has 5 heteroatoms. The minimum atomic E-state index is -0.746. The van der Waals surface area contributed by atoms with Gasteiger partial charge in [0.05, 0.1) is 31.3 Å². The van der Waals surface area contributed by atoms with E-state index in [1.165, 1.54) is 83.5 Å². The van der Waals surface area contributed by atoms with Gasteiger partial charge in [-0.2, -0.15) is 0 Å². The molecule has 0 aromatic carbocycles. The van der Waals surface area contributed by atoms with E-state index in [-0.39, 0.29) is 18.9 Å². The molecule has 0 aliphatic heterocycles. The molecule has 0 radical (unpaired) electrons. The predicted molar refractivity (Wildman–Crippen MR) is 158 cm³/mol. The molecule has 3 unspecified atom stereocenters. The van der Waals surface area contributed by atoms with Gasteiger partial charge in [-0.3, -0.25) is 4.79 Å². The largest absolute Gasteiger partial charge is 0.394 e. The van der Waals surface area contributed by atoms with Crippen LogP contribution in [0, 0.1) is 0 Å². The monoisotopic (exact) mass is 525 g/mol. The molecule has 37 heavy (non-hydrogen) atoms. The number of hydrogen-bond acceptors (Lipinski definition) is 4. The highest BCUT2D eigenvalue weighted by atomic mass is 16.3. The molecule has 0 heterocycles. The van der Waals surface area contributed by atoms with Gasteiger partial charge >= 0.3 is 0 Å². The van der Waals surface area contributed by atoms with Crippen molar-refractivity contribution in [1.82, 2.24) is 5.32 Å². The van der Waals surface area contributed by atoms with Gasteiger partial charge in [0.15, 0.2) is 0 Å². The molecule has 0 fully saturated rings. The standard InChI is InChI=1S/C32H63NO4/c1-3-5-7-9-11-13-14-15-16-18-20-22-24-26-31(36)30(28-34)33-32(37)27-29(35)25-23-21-19-17-12-10-8-6-4-2/h10,12,29-31,34-36H,3-9,11,13-28H2,1-2H3,(H,33,37)/b12-10-. The van der Waals surface area contributed by atoms with Crippen LogP contribution in [0.1, 0.15) is 162 Å². The zero-order valence-corrected chi connectivity index (χ0v) is 24.6. The van der Waals surface area contributed by atoms with E-state index in [0.717, 1.165) is 44.9 Å². The summed E-state index contributed by atoms with van der Waals surface area (Å²) in [5.74, 6) is -0.296. The minimum absolute atomic E-state index is 0.0267. The third kappa shape index (κ3) is 25.1. The molecule has 0 aromatic heterocycles. The Bertz CT molecular complexity index is 511. The summed E-state index contributed by atoms with van der Waals surface area (Å²) >= 11 is 0. The highest BCUT2D eigenvalue weighted by Crippen LogP contribution is 2.14. The number of hydrogen-bond donors (Lipinski definition) is 4. The van der Waals surface area contributed by atoms with Crippen molar-refractivity contribution in [1.29, 1.82) is 0 Å². The first kappa shape index (κ1) is 36.1. The Kier molecular flexibility index (Phi) is 27.4. The smallest absolute Gasteiger partial charge is 0.222 e. The van der Waals surface area contributed by atoms with Crippen molar-refractivity contribution >= 4 is 5.91 Å². The van der Waals surface area contributed by atoms with E-state index in [1.54, 1.807) is 0 Å². The average Bonchev–Trinajstić information content (AvgIpc) is 2.88. The van der Waals surface area contributed by atoms with E-state index in [2.05, 4.69) is 31.3 Å².